The molecule has 0 aromatic rings. The number of hydrogen-bond acceptors (Lipinski definition) is 1. The Morgan fingerprint density at radius 3 is 1.64 bits per heavy atom. The van der Waals surface area contributed by atoms with E-state index >= 15 is 0 Å². The van der Waals surface area contributed by atoms with Gasteiger partial charge in [0.15, 0.2) is 0 Å². The molecule has 1 N–H and O–H groups in total. The summed E-state index contributed by atoms with van der Waals surface area (Å²) in [4.78, 5) is 0. The van der Waals surface area contributed by atoms with E-state index in [1.54, 1.807) is 0 Å². The third-order valence-corrected chi connectivity index (χ3v) is 2.41. The highest BCUT2D eigenvalue weighted by Gasteiger charge is 2.32. The summed E-state index contributed by atoms with van der Waals surface area (Å²) in [5.41, 5.74) is 0. The Bertz CT molecular complexity index is 121. The van der Waals surface area contributed by atoms with Crippen LogP contribution in [0.15, 0.2) is 0 Å². The summed E-state index contributed by atoms with van der Waals surface area (Å²) in [7, 11) is 0. The summed E-state index contributed by atoms with van der Waals surface area (Å²) >= 11 is 0. The average molecular weight is 206 g/mol. The lowest BCUT2D eigenvalue weighted by Gasteiger charge is -2.15. The van der Waals surface area contributed by atoms with Crippen LogP contribution in [0.1, 0.15) is 52.4 Å². The fourth-order valence-corrected chi connectivity index (χ4v) is 1.37. The molecule has 0 amide bonds. The third kappa shape index (κ3) is 5.58. The average Bonchev–Trinajstić information content (AvgIpc) is 2.21. The highest BCUT2D eigenvalue weighted by Crippen LogP contribution is 2.15. The Hall–Kier alpha value is -0.115. The molecule has 0 heterocycles. The minimum Gasteiger partial charge on any atom is -0.446 e. The Morgan fingerprint density at radius 1 is 1.00 bits per heavy atom. The maximum atomic E-state index is 13.2. The van der Waals surface area contributed by atoms with Crippen molar-refractivity contribution in [3.8, 4) is 0 Å². The van der Waals surface area contributed by atoms with Crippen molar-refractivity contribution in [1.29, 1.82) is 0 Å². The van der Waals surface area contributed by atoms with E-state index in [1.165, 1.54) is 0 Å². The van der Waals surface area contributed by atoms with E-state index in [-0.39, 0.29) is 12.8 Å². The van der Waals surface area contributed by atoms with Crippen LogP contribution >= 0.6 is 0 Å². The van der Waals surface area contributed by atoms with Gasteiger partial charge < -0.3 is 5.02 Å². The van der Waals surface area contributed by atoms with Crippen LogP contribution in [0.2, 0.25) is 0 Å². The minimum atomic E-state index is -1.42. The Kier molecular flexibility index (Phi) is 8.15. The normalized spacial score (nSPS) is 15.2. The van der Waals surface area contributed by atoms with E-state index in [1.807, 2.05) is 13.8 Å². The highest BCUT2D eigenvalue weighted by atomic mass is 19.1. The van der Waals surface area contributed by atoms with Gasteiger partial charge in [0.25, 0.3) is 0 Å². The maximum Gasteiger partial charge on any atom is 0.360 e. The van der Waals surface area contributed by atoms with Crippen molar-refractivity contribution in [3.05, 3.63) is 0 Å². The lowest BCUT2D eigenvalue weighted by Crippen LogP contribution is -2.37. The quantitative estimate of drug-likeness (QED) is 0.605. The molecule has 0 aromatic carbocycles. The zero-order chi connectivity index (χ0) is 11.0. The zero-order valence-corrected chi connectivity index (χ0v) is 9.18. The van der Waals surface area contributed by atoms with Crippen molar-refractivity contribution in [1.82, 2.24) is 0 Å². The first kappa shape index (κ1) is 13.9. The van der Waals surface area contributed by atoms with Crippen molar-refractivity contribution in [2.24, 2.45) is 0 Å². The molecule has 1 nitrogen and oxygen atoms in total. The van der Waals surface area contributed by atoms with E-state index in [9.17, 15) is 13.8 Å². The fourth-order valence-electron chi connectivity index (χ4n) is 1.37. The Balaban J connectivity index is 3.72. The second kappa shape index (κ2) is 8.21. The van der Waals surface area contributed by atoms with Crippen LogP contribution in [0.25, 0.3) is 0 Å². The van der Waals surface area contributed by atoms with Crippen LogP contribution in [-0.2, 0) is 0 Å². The first-order chi connectivity index (χ1) is 6.63. The molecule has 14 heavy (non-hydrogen) atoms. The first-order valence-electron chi connectivity index (χ1n) is 5.59. The fraction of sp³-hybridized carbons (Fsp3) is 1.00. The smallest absolute Gasteiger partial charge is 0.360 e. The number of alkyl halides is 2. The zero-order valence-electron chi connectivity index (χ0n) is 9.18. The van der Waals surface area contributed by atoms with Crippen LogP contribution in [-0.4, -0.2) is 24.1 Å². The van der Waals surface area contributed by atoms with Gasteiger partial charge in [-0.3, -0.25) is 8.78 Å². The van der Waals surface area contributed by atoms with E-state index < -0.39 is 19.1 Å². The van der Waals surface area contributed by atoms with Gasteiger partial charge in [-0.05, 0) is 12.8 Å². The van der Waals surface area contributed by atoms with Gasteiger partial charge in [-0.15, -0.1) is 0 Å². The Labute approximate surface area is 86.0 Å². The second-order valence-corrected chi connectivity index (χ2v) is 3.81. The molecule has 0 spiro atoms. The molecule has 0 saturated heterocycles. The van der Waals surface area contributed by atoms with Crippen LogP contribution in [0.4, 0.5) is 8.78 Å². The molecule has 4 heteroatoms. The monoisotopic (exact) mass is 206 g/mol. The second-order valence-electron chi connectivity index (χ2n) is 3.81. The summed E-state index contributed by atoms with van der Waals surface area (Å²) in [6.07, 6.45) is 0.896. The molecule has 0 saturated carbocycles. The predicted molar refractivity (Wildman–Crippen MR) is 56.8 cm³/mol. The molecule has 0 aliphatic heterocycles. The van der Waals surface area contributed by atoms with Crippen molar-refractivity contribution in [2.45, 2.75) is 64.5 Å². The molecule has 0 rings (SSSR count). The number of halogens is 2. The van der Waals surface area contributed by atoms with Crippen LogP contribution in [0, 0.1) is 0 Å². The summed E-state index contributed by atoms with van der Waals surface area (Å²) in [6.45, 7) is 2.47. The summed E-state index contributed by atoms with van der Waals surface area (Å²) < 4.78 is 26.3. The number of rotatable bonds is 8. The van der Waals surface area contributed by atoms with Crippen molar-refractivity contribution < 1.29 is 13.8 Å². The Morgan fingerprint density at radius 2 is 1.36 bits per heavy atom. The molecular formula is C10H21BF2O. The summed E-state index contributed by atoms with van der Waals surface area (Å²) in [5, 5.41) is 9.29. The predicted octanol–water partition coefficient (Wildman–Crippen LogP) is 3.11. The highest BCUT2D eigenvalue weighted by molar-refractivity contribution is 6.53. The molecule has 2 atom stereocenters. The van der Waals surface area contributed by atoms with Crippen LogP contribution < -0.4 is 0 Å². The third-order valence-electron chi connectivity index (χ3n) is 2.41. The van der Waals surface area contributed by atoms with E-state index in [0.717, 1.165) is 12.8 Å². The van der Waals surface area contributed by atoms with Crippen molar-refractivity contribution in [3.63, 3.8) is 0 Å². The molecule has 84 valence electrons. The SMILES string of the molecule is CCCCC(F)B(O)C(F)CCCC. The van der Waals surface area contributed by atoms with Gasteiger partial charge in [0, 0.05) is 0 Å². The minimum absolute atomic E-state index is 0.268. The summed E-state index contributed by atoms with van der Waals surface area (Å²) in [6, 6.07) is 0. The van der Waals surface area contributed by atoms with Gasteiger partial charge in [0.1, 0.15) is 12.1 Å². The van der Waals surface area contributed by atoms with Gasteiger partial charge in [0.05, 0.1) is 0 Å². The molecule has 0 aliphatic rings. The molecular weight excluding hydrogens is 185 g/mol. The maximum absolute atomic E-state index is 13.2. The lowest BCUT2D eigenvalue weighted by atomic mass is 9.56. The molecule has 0 bridgehead atoms. The van der Waals surface area contributed by atoms with Crippen LogP contribution in [0.3, 0.4) is 0 Å². The van der Waals surface area contributed by atoms with Gasteiger partial charge >= 0.3 is 6.92 Å². The van der Waals surface area contributed by atoms with E-state index in [4.69, 9.17) is 0 Å². The van der Waals surface area contributed by atoms with Gasteiger partial charge in [0.2, 0.25) is 0 Å². The van der Waals surface area contributed by atoms with Crippen molar-refractivity contribution >= 4 is 6.92 Å². The lowest BCUT2D eigenvalue weighted by molar-refractivity contribution is 0.301. The van der Waals surface area contributed by atoms with Gasteiger partial charge in [-0.25, -0.2) is 0 Å². The van der Waals surface area contributed by atoms with Crippen molar-refractivity contribution in [2.75, 3.05) is 0 Å². The first-order valence-corrected chi connectivity index (χ1v) is 5.59. The van der Waals surface area contributed by atoms with Gasteiger partial charge in [-0.2, -0.15) is 0 Å². The molecule has 0 aliphatic carbocycles. The molecule has 0 radical (unpaired) electrons. The van der Waals surface area contributed by atoms with Gasteiger partial charge in [-0.1, -0.05) is 39.5 Å². The topological polar surface area (TPSA) is 20.2 Å². The van der Waals surface area contributed by atoms with E-state index in [2.05, 4.69) is 0 Å². The number of unbranched alkanes of at least 4 members (excludes halogenated alkanes) is 2. The largest absolute Gasteiger partial charge is 0.446 e. The number of hydrogen-bond donors (Lipinski definition) is 1. The molecule has 0 fully saturated rings. The molecule has 0 aromatic heterocycles. The standard InChI is InChI=1S/C10H21BF2O/c1-3-5-7-9(12)11(14)10(13)8-6-4-2/h9-10,14H,3-8H2,1-2H3. The van der Waals surface area contributed by atoms with Crippen LogP contribution in [0.5, 0.6) is 0 Å². The van der Waals surface area contributed by atoms with E-state index in [0.29, 0.717) is 12.8 Å². The summed E-state index contributed by atoms with van der Waals surface area (Å²) in [5.74, 6) is 0. The molecule has 2 unspecified atom stereocenters.